The van der Waals surface area contributed by atoms with Gasteiger partial charge in [0, 0.05) is 6.54 Å². The number of hydrogen-bond acceptors (Lipinski definition) is 4. The SMILES string of the molecule is N#CC1CN(C(=O)CC2(O)CCCCC2)CCO1. The van der Waals surface area contributed by atoms with Gasteiger partial charge in [0.15, 0.2) is 6.10 Å². The van der Waals surface area contributed by atoms with Crippen molar-refractivity contribution in [2.75, 3.05) is 19.7 Å². The zero-order valence-corrected chi connectivity index (χ0v) is 10.6. The minimum atomic E-state index is -0.824. The summed E-state index contributed by atoms with van der Waals surface area (Å²) in [5, 5.41) is 19.2. The van der Waals surface area contributed by atoms with Crippen molar-refractivity contribution < 1.29 is 14.6 Å². The van der Waals surface area contributed by atoms with Crippen molar-refractivity contribution in [2.24, 2.45) is 0 Å². The minimum Gasteiger partial charge on any atom is -0.389 e. The first-order valence-corrected chi connectivity index (χ1v) is 6.64. The Bertz CT molecular complexity index is 345. The number of hydrogen-bond donors (Lipinski definition) is 1. The molecule has 18 heavy (non-hydrogen) atoms. The Labute approximate surface area is 107 Å². The Hall–Kier alpha value is -1.12. The standard InChI is InChI=1S/C13H20N2O3/c14-9-11-10-15(6-7-18-11)12(16)8-13(17)4-2-1-3-5-13/h11,17H,1-8,10H2. The predicted octanol–water partition coefficient (Wildman–Crippen LogP) is 0.823. The molecule has 1 N–H and O–H groups in total. The molecule has 100 valence electrons. The van der Waals surface area contributed by atoms with Crippen LogP contribution < -0.4 is 0 Å². The molecule has 1 saturated carbocycles. The number of amides is 1. The van der Waals surface area contributed by atoms with E-state index >= 15 is 0 Å². The van der Waals surface area contributed by atoms with Gasteiger partial charge in [0.25, 0.3) is 0 Å². The van der Waals surface area contributed by atoms with Crippen molar-refractivity contribution in [3.05, 3.63) is 0 Å². The van der Waals surface area contributed by atoms with Crippen molar-refractivity contribution in [2.45, 2.75) is 50.2 Å². The number of aliphatic hydroxyl groups is 1. The maximum atomic E-state index is 12.1. The lowest BCUT2D eigenvalue weighted by Crippen LogP contribution is -2.48. The van der Waals surface area contributed by atoms with Crippen LogP contribution in [0.15, 0.2) is 0 Å². The molecule has 5 heteroatoms. The van der Waals surface area contributed by atoms with E-state index in [0.29, 0.717) is 32.5 Å². The molecule has 2 rings (SSSR count). The quantitative estimate of drug-likeness (QED) is 0.789. The zero-order valence-electron chi connectivity index (χ0n) is 10.6. The van der Waals surface area contributed by atoms with Gasteiger partial charge in [-0.3, -0.25) is 4.79 Å². The Morgan fingerprint density at radius 3 is 2.83 bits per heavy atom. The summed E-state index contributed by atoms with van der Waals surface area (Å²) in [6.07, 6.45) is 4.22. The summed E-state index contributed by atoms with van der Waals surface area (Å²) < 4.78 is 5.21. The van der Waals surface area contributed by atoms with Gasteiger partial charge in [0.1, 0.15) is 0 Å². The largest absolute Gasteiger partial charge is 0.389 e. The van der Waals surface area contributed by atoms with E-state index in [4.69, 9.17) is 10.00 Å². The summed E-state index contributed by atoms with van der Waals surface area (Å²) in [6, 6.07) is 2.02. The van der Waals surface area contributed by atoms with Gasteiger partial charge in [-0.25, -0.2) is 0 Å². The van der Waals surface area contributed by atoms with Gasteiger partial charge < -0.3 is 14.7 Å². The van der Waals surface area contributed by atoms with E-state index in [-0.39, 0.29) is 12.3 Å². The van der Waals surface area contributed by atoms with Gasteiger partial charge in [-0.05, 0) is 12.8 Å². The highest BCUT2D eigenvalue weighted by atomic mass is 16.5. The van der Waals surface area contributed by atoms with Gasteiger partial charge in [-0.2, -0.15) is 5.26 Å². The number of nitriles is 1. The first kappa shape index (κ1) is 13.3. The van der Waals surface area contributed by atoms with E-state index in [1.165, 1.54) is 0 Å². The molecule has 1 saturated heterocycles. The Morgan fingerprint density at radius 2 is 2.17 bits per heavy atom. The molecule has 5 nitrogen and oxygen atoms in total. The Morgan fingerprint density at radius 1 is 1.44 bits per heavy atom. The lowest BCUT2D eigenvalue weighted by molar-refractivity contribution is -0.143. The van der Waals surface area contributed by atoms with Crippen molar-refractivity contribution >= 4 is 5.91 Å². The molecule has 0 bridgehead atoms. The van der Waals surface area contributed by atoms with Gasteiger partial charge in [0.05, 0.1) is 31.2 Å². The van der Waals surface area contributed by atoms with Gasteiger partial charge in [0.2, 0.25) is 5.91 Å². The van der Waals surface area contributed by atoms with Crippen LogP contribution in [-0.2, 0) is 9.53 Å². The molecule has 1 amide bonds. The van der Waals surface area contributed by atoms with Gasteiger partial charge >= 0.3 is 0 Å². The molecule has 0 spiro atoms. The third-order valence-electron chi connectivity index (χ3n) is 3.83. The van der Waals surface area contributed by atoms with Crippen LogP contribution in [0.2, 0.25) is 0 Å². The summed E-state index contributed by atoms with van der Waals surface area (Å²) >= 11 is 0. The van der Waals surface area contributed by atoms with E-state index in [2.05, 4.69) is 0 Å². The summed E-state index contributed by atoms with van der Waals surface area (Å²) in [5.74, 6) is -0.0528. The summed E-state index contributed by atoms with van der Waals surface area (Å²) in [5.41, 5.74) is -0.824. The van der Waals surface area contributed by atoms with Crippen molar-refractivity contribution in [3.63, 3.8) is 0 Å². The number of morpholine rings is 1. The highest BCUT2D eigenvalue weighted by Crippen LogP contribution is 2.31. The van der Waals surface area contributed by atoms with Crippen LogP contribution in [-0.4, -0.2) is 47.3 Å². The van der Waals surface area contributed by atoms with E-state index < -0.39 is 11.7 Å². The van der Waals surface area contributed by atoms with Crippen molar-refractivity contribution in [3.8, 4) is 6.07 Å². The predicted molar refractivity (Wildman–Crippen MR) is 64.6 cm³/mol. The Balaban J connectivity index is 1.89. The zero-order chi connectivity index (χ0) is 13.0. The molecule has 1 unspecified atom stereocenters. The van der Waals surface area contributed by atoms with Crippen LogP contribution in [0.4, 0.5) is 0 Å². The average molecular weight is 252 g/mol. The molecule has 0 aromatic carbocycles. The molecule has 2 aliphatic rings. The minimum absolute atomic E-state index is 0.0528. The smallest absolute Gasteiger partial charge is 0.225 e. The molecular formula is C13H20N2O3. The number of nitrogens with zero attached hydrogens (tertiary/aromatic N) is 2. The number of rotatable bonds is 2. The van der Waals surface area contributed by atoms with Crippen LogP contribution >= 0.6 is 0 Å². The molecule has 0 aromatic rings. The lowest BCUT2D eigenvalue weighted by Gasteiger charge is -2.35. The van der Waals surface area contributed by atoms with E-state index in [1.807, 2.05) is 6.07 Å². The first-order chi connectivity index (χ1) is 8.63. The topological polar surface area (TPSA) is 73.6 Å². The maximum Gasteiger partial charge on any atom is 0.225 e. The van der Waals surface area contributed by atoms with Gasteiger partial charge in [-0.1, -0.05) is 19.3 Å². The second-order valence-corrected chi connectivity index (χ2v) is 5.29. The van der Waals surface area contributed by atoms with Crippen molar-refractivity contribution in [1.82, 2.24) is 4.90 Å². The summed E-state index contributed by atoms with van der Waals surface area (Å²) in [7, 11) is 0. The van der Waals surface area contributed by atoms with Crippen LogP contribution in [0.1, 0.15) is 38.5 Å². The van der Waals surface area contributed by atoms with Crippen LogP contribution in [0.5, 0.6) is 0 Å². The fraction of sp³-hybridized carbons (Fsp3) is 0.846. The highest BCUT2D eigenvalue weighted by Gasteiger charge is 2.34. The molecule has 1 atom stereocenters. The van der Waals surface area contributed by atoms with E-state index in [1.54, 1.807) is 4.90 Å². The fourth-order valence-corrected chi connectivity index (χ4v) is 2.73. The van der Waals surface area contributed by atoms with Crippen LogP contribution in [0, 0.1) is 11.3 Å². The first-order valence-electron chi connectivity index (χ1n) is 6.64. The highest BCUT2D eigenvalue weighted by molar-refractivity contribution is 5.77. The summed E-state index contributed by atoms with van der Waals surface area (Å²) in [6.45, 7) is 1.25. The van der Waals surface area contributed by atoms with Crippen LogP contribution in [0.3, 0.4) is 0 Å². The molecule has 1 aliphatic carbocycles. The Kier molecular flexibility index (Phi) is 4.20. The maximum absolute atomic E-state index is 12.1. The summed E-state index contributed by atoms with van der Waals surface area (Å²) in [4.78, 5) is 13.8. The molecule has 2 fully saturated rings. The second kappa shape index (κ2) is 5.68. The number of carbonyl (C=O) groups excluding carboxylic acids is 1. The molecule has 0 radical (unpaired) electrons. The van der Waals surface area contributed by atoms with E-state index in [9.17, 15) is 9.90 Å². The third-order valence-corrected chi connectivity index (χ3v) is 3.83. The number of carbonyl (C=O) groups is 1. The molecule has 1 aliphatic heterocycles. The van der Waals surface area contributed by atoms with Gasteiger partial charge in [-0.15, -0.1) is 0 Å². The average Bonchev–Trinajstić information content (AvgIpc) is 2.39. The number of ether oxygens (including phenoxy) is 1. The van der Waals surface area contributed by atoms with Crippen LogP contribution in [0.25, 0.3) is 0 Å². The second-order valence-electron chi connectivity index (χ2n) is 5.29. The molecule has 0 aromatic heterocycles. The lowest BCUT2D eigenvalue weighted by atomic mass is 9.82. The third kappa shape index (κ3) is 3.21. The van der Waals surface area contributed by atoms with Crippen molar-refractivity contribution in [1.29, 1.82) is 5.26 Å². The molecule has 1 heterocycles. The monoisotopic (exact) mass is 252 g/mol. The van der Waals surface area contributed by atoms with E-state index in [0.717, 1.165) is 19.3 Å². The molecular weight excluding hydrogens is 232 g/mol. The fourth-order valence-electron chi connectivity index (χ4n) is 2.73. The normalized spacial score (nSPS) is 27.6.